The predicted octanol–water partition coefficient (Wildman–Crippen LogP) is 1.36. The Hall–Kier alpha value is -1.06. The lowest BCUT2D eigenvalue weighted by molar-refractivity contribution is -0.143. The van der Waals surface area contributed by atoms with Crippen LogP contribution in [0.4, 0.5) is 0 Å². The third kappa shape index (κ3) is 3.53. The van der Waals surface area contributed by atoms with Crippen LogP contribution in [-0.2, 0) is 9.59 Å². The van der Waals surface area contributed by atoms with E-state index < -0.39 is 5.97 Å². The molecule has 0 aromatic carbocycles. The molecule has 1 aliphatic rings. The van der Waals surface area contributed by atoms with Crippen LogP contribution in [0.5, 0.6) is 0 Å². The van der Waals surface area contributed by atoms with Gasteiger partial charge in [-0.2, -0.15) is 0 Å². The molecule has 0 aliphatic heterocycles. The fourth-order valence-electron chi connectivity index (χ4n) is 2.11. The summed E-state index contributed by atoms with van der Waals surface area (Å²) in [6, 6.07) is 0. The molecule has 0 saturated heterocycles. The number of amides is 1. The summed E-state index contributed by atoms with van der Waals surface area (Å²) in [7, 11) is 1.80. The number of aliphatic carboxylic acids is 1. The molecule has 1 fully saturated rings. The molecule has 0 spiro atoms. The van der Waals surface area contributed by atoms with E-state index >= 15 is 0 Å². The maximum atomic E-state index is 11.0. The Labute approximate surface area is 90.3 Å². The highest BCUT2D eigenvalue weighted by atomic mass is 16.4. The van der Waals surface area contributed by atoms with Gasteiger partial charge in [0.25, 0.3) is 0 Å². The molecule has 0 atom stereocenters. The maximum Gasteiger partial charge on any atom is 0.306 e. The molecule has 0 unspecified atom stereocenters. The SMILES string of the molecule is CC(=O)N(C)C[C@H]1CC[C@H](C(=O)O)CC1. The molecular weight excluding hydrogens is 194 g/mol. The molecular formula is C11H19NO3. The van der Waals surface area contributed by atoms with E-state index in [-0.39, 0.29) is 11.8 Å². The minimum atomic E-state index is -0.673. The number of carboxylic acid groups (broad SMARTS) is 1. The van der Waals surface area contributed by atoms with Gasteiger partial charge in [0.15, 0.2) is 0 Å². The average Bonchev–Trinajstić information content (AvgIpc) is 2.18. The quantitative estimate of drug-likeness (QED) is 0.770. The van der Waals surface area contributed by atoms with Gasteiger partial charge in [-0.1, -0.05) is 0 Å². The molecule has 0 heterocycles. The second-order valence-electron chi connectivity index (χ2n) is 4.46. The van der Waals surface area contributed by atoms with Crippen LogP contribution in [0.1, 0.15) is 32.6 Å². The van der Waals surface area contributed by atoms with Crippen molar-refractivity contribution in [2.75, 3.05) is 13.6 Å². The van der Waals surface area contributed by atoms with Crippen LogP contribution in [-0.4, -0.2) is 35.5 Å². The van der Waals surface area contributed by atoms with Crippen molar-refractivity contribution < 1.29 is 14.7 Å². The standard InChI is InChI=1S/C11H19NO3/c1-8(13)12(2)7-9-3-5-10(6-4-9)11(14)15/h9-10H,3-7H2,1-2H3,(H,14,15)/t9-,10-. The zero-order chi connectivity index (χ0) is 11.4. The van der Waals surface area contributed by atoms with E-state index in [1.807, 2.05) is 0 Å². The van der Waals surface area contributed by atoms with E-state index in [4.69, 9.17) is 5.11 Å². The summed E-state index contributed by atoms with van der Waals surface area (Å²) in [5.74, 6) is -0.276. The average molecular weight is 213 g/mol. The van der Waals surface area contributed by atoms with Crippen LogP contribution in [0, 0.1) is 11.8 Å². The third-order valence-electron chi connectivity index (χ3n) is 3.27. The number of rotatable bonds is 3. The van der Waals surface area contributed by atoms with Crippen molar-refractivity contribution in [3.63, 3.8) is 0 Å². The summed E-state index contributed by atoms with van der Waals surface area (Å²) in [5.41, 5.74) is 0. The monoisotopic (exact) mass is 213 g/mol. The molecule has 4 heteroatoms. The van der Waals surface area contributed by atoms with Gasteiger partial charge < -0.3 is 10.0 Å². The van der Waals surface area contributed by atoms with Gasteiger partial charge in [-0.05, 0) is 31.6 Å². The highest BCUT2D eigenvalue weighted by Gasteiger charge is 2.26. The Morgan fingerprint density at radius 1 is 1.27 bits per heavy atom. The highest BCUT2D eigenvalue weighted by molar-refractivity contribution is 5.72. The summed E-state index contributed by atoms with van der Waals surface area (Å²) in [4.78, 5) is 23.5. The lowest BCUT2D eigenvalue weighted by Crippen LogP contribution is -2.32. The number of nitrogens with zero attached hydrogens (tertiary/aromatic N) is 1. The minimum Gasteiger partial charge on any atom is -0.481 e. The fourth-order valence-corrected chi connectivity index (χ4v) is 2.11. The lowest BCUT2D eigenvalue weighted by Gasteiger charge is -2.29. The van der Waals surface area contributed by atoms with Gasteiger partial charge in [0.05, 0.1) is 5.92 Å². The summed E-state index contributed by atoms with van der Waals surface area (Å²) in [6.45, 7) is 2.32. The normalized spacial score (nSPS) is 26.0. The van der Waals surface area contributed by atoms with Crippen molar-refractivity contribution in [2.24, 2.45) is 11.8 Å². The summed E-state index contributed by atoms with van der Waals surface area (Å²) in [5, 5.41) is 8.83. The molecule has 4 nitrogen and oxygen atoms in total. The first-order valence-corrected chi connectivity index (χ1v) is 5.45. The van der Waals surface area contributed by atoms with Crippen molar-refractivity contribution in [1.82, 2.24) is 4.90 Å². The van der Waals surface area contributed by atoms with Gasteiger partial charge in [-0.15, -0.1) is 0 Å². The number of carbonyl (C=O) groups is 2. The molecule has 1 amide bonds. The summed E-state index contributed by atoms with van der Waals surface area (Å²) >= 11 is 0. The van der Waals surface area contributed by atoms with Gasteiger partial charge in [0.1, 0.15) is 0 Å². The van der Waals surface area contributed by atoms with Crippen molar-refractivity contribution in [1.29, 1.82) is 0 Å². The first-order valence-electron chi connectivity index (χ1n) is 5.45. The number of hydrogen-bond donors (Lipinski definition) is 1. The van der Waals surface area contributed by atoms with E-state index in [0.29, 0.717) is 5.92 Å². The van der Waals surface area contributed by atoms with Crippen LogP contribution in [0.2, 0.25) is 0 Å². The number of carbonyl (C=O) groups excluding carboxylic acids is 1. The second-order valence-corrected chi connectivity index (χ2v) is 4.46. The Kier molecular flexibility index (Phi) is 4.12. The molecule has 0 radical (unpaired) electrons. The van der Waals surface area contributed by atoms with Crippen LogP contribution in [0.25, 0.3) is 0 Å². The van der Waals surface area contributed by atoms with Crippen molar-refractivity contribution in [3.8, 4) is 0 Å². The van der Waals surface area contributed by atoms with Crippen LogP contribution < -0.4 is 0 Å². The molecule has 86 valence electrons. The van der Waals surface area contributed by atoms with Crippen molar-refractivity contribution >= 4 is 11.9 Å². The molecule has 0 aromatic heterocycles. The smallest absolute Gasteiger partial charge is 0.306 e. The Morgan fingerprint density at radius 3 is 2.20 bits per heavy atom. The maximum absolute atomic E-state index is 11.0. The van der Waals surface area contributed by atoms with Gasteiger partial charge in [0.2, 0.25) is 5.91 Å². The first kappa shape index (κ1) is 12.0. The zero-order valence-corrected chi connectivity index (χ0v) is 9.40. The third-order valence-corrected chi connectivity index (χ3v) is 3.27. The highest BCUT2D eigenvalue weighted by Crippen LogP contribution is 2.29. The summed E-state index contributed by atoms with van der Waals surface area (Å²) in [6.07, 6.45) is 3.36. The lowest BCUT2D eigenvalue weighted by atomic mass is 9.82. The van der Waals surface area contributed by atoms with Gasteiger partial charge >= 0.3 is 5.97 Å². The molecule has 0 aromatic rings. The van der Waals surface area contributed by atoms with Crippen LogP contribution >= 0.6 is 0 Å². The van der Waals surface area contributed by atoms with E-state index in [2.05, 4.69) is 0 Å². The zero-order valence-electron chi connectivity index (χ0n) is 9.40. The topological polar surface area (TPSA) is 57.6 Å². The molecule has 15 heavy (non-hydrogen) atoms. The number of carboxylic acids is 1. The molecule has 1 aliphatic carbocycles. The second kappa shape index (κ2) is 5.14. The predicted molar refractivity (Wildman–Crippen MR) is 56.4 cm³/mol. The van der Waals surface area contributed by atoms with Crippen LogP contribution in [0.3, 0.4) is 0 Å². The largest absolute Gasteiger partial charge is 0.481 e. The van der Waals surface area contributed by atoms with Crippen molar-refractivity contribution in [3.05, 3.63) is 0 Å². The van der Waals surface area contributed by atoms with E-state index in [1.54, 1.807) is 18.9 Å². The van der Waals surface area contributed by atoms with E-state index in [1.165, 1.54) is 0 Å². The molecule has 1 rings (SSSR count). The summed E-state index contributed by atoms with van der Waals surface area (Å²) < 4.78 is 0. The molecule has 1 saturated carbocycles. The van der Waals surface area contributed by atoms with E-state index in [9.17, 15) is 9.59 Å². The van der Waals surface area contributed by atoms with E-state index in [0.717, 1.165) is 32.2 Å². The first-order chi connectivity index (χ1) is 7.00. The fraction of sp³-hybridized carbons (Fsp3) is 0.818. The number of hydrogen-bond acceptors (Lipinski definition) is 2. The molecule has 0 bridgehead atoms. The van der Waals surface area contributed by atoms with Gasteiger partial charge in [-0.3, -0.25) is 9.59 Å². The Morgan fingerprint density at radius 2 is 1.80 bits per heavy atom. The van der Waals surface area contributed by atoms with Gasteiger partial charge in [-0.25, -0.2) is 0 Å². The van der Waals surface area contributed by atoms with Gasteiger partial charge in [0, 0.05) is 20.5 Å². The minimum absolute atomic E-state index is 0.0790. The Bertz CT molecular complexity index is 244. The Balaban J connectivity index is 2.31. The van der Waals surface area contributed by atoms with Crippen molar-refractivity contribution in [2.45, 2.75) is 32.6 Å². The van der Waals surface area contributed by atoms with Crippen LogP contribution in [0.15, 0.2) is 0 Å². The molecule has 1 N–H and O–H groups in total.